The van der Waals surface area contributed by atoms with Crippen molar-refractivity contribution in [1.82, 2.24) is 16.8 Å². The van der Waals surface area contributed by atoms with E-state index >= 15 is 0 Å². The molecule has 0 aromatic heterocycles. The molecule has 40 heavy (non-hydrogen) atoms. The zero-order chi connectivity index (χ0) is 28.8. The first kappa shape index (κ1) is 34.2. The van der Waals surface area contributed by atoms with E-state index in [1.54, 1.807) is 11.9 Å². The van der Waals surface area contributed by atoms with Crippen LogP contribution in [0, 0.1) is 5.92 Å². The van der Waals surface area contributed by atoms with Gasteiger partial charge in [-0.15, -0.1) is 0 Å². The Morgan fingerprint density at radius 3 is 2.15 bits per heavy atom. The fourth-order valence-corrected chi connectivity index (χ4v) is 4.39. The average Bonchev–Trinajstić information content (AvgIpc) is 2.95. The Balaban J connectivity index is 0. The number of nitrogens with zero attached hydrogens (tertiary/aromatic N) is 1. The van der Waals surface area contributed by atoms with Gasteiger partial charge in [0, 0.05) is 46.8 Å². The van der Waals surface area contributed by atoms with E-state index in [0.29, 0.717) is 42.0 Å². The number of hydrogen-bond donors (Lipinski definition) is 5. The van der Waals surface area contributed by atoms with Crippen molar-refractivity contribution in [3.05, 3.63) is 65.2 Å². The molecule has 2 aromatic rings. The quantitative estimate of drug-likeness (QED) is 0.270. The molecule has 224 valence electrons. The van der Waals surface area contributed by atoms with Gasteiger partial charge < -0.3 is 33.2 Å². The second kappa shape index (κ2) is 17.7. The maximum atomic E-state index is 13.2. The molecule has 1 aliphatic rings. The van der Waals surface area contributed by atoms with Crippen LogP contribution in [0.4, 0.5) is 5.69 Å². The van der Waals surface area contributed by atoms with Crippen molar-refractivity contribution in [2.45, 2.75) is 72.3 Å². The molecule has 9 heteroatoms. The summed E-state index contributed by atoms with van der Waals surface area (Å²) in [5, 5.41) is 5.28. The Kier molecular flexibility index (Phi) is 15.1. The fourth-order valence-electron chi connectivity index (χ4n) is 4.39. The Hall–Kier alpha value is -3.85. The van der Waals surface area contributed by atoms with Crippen molar-refractivity contribution >= 4 is 34.8 Å². The highest BCUT2D eigenvalue weighted by Gasteiger charge is 2.25. The van der Waals surface area contributed by atoms with Gasteiger partial charge in [-0.25, -0.2) is 0 Å². The van der Waals surface area contributed by atoms with Crippen LogP contribution in [0.2, 0.25) is 0 Å². The van der Waals surface area contributed by atoms with Crippen LogP contribution in [-0.2, 0) is 20.9 Å². The molecule has 3 amide bonds. The summed E-state index contributed by atoms with van der Waals surface area (Å²) >= 11 is 0. The maximum absolute atomic E-state index is 13.2. The molecular weight excluding hydrogens is 504 g/mol. The van der Waals surface area contributed by atoms with Gasteiger partial charge in [-0.05, 0) is 24.0 Å². The summed E-state index contributed by atoms with van der Waals surface area (Å²) in [5.41, 5.74) is 16.7. The second-order valence-electron chi connectivity index (χ2n) is 9.91. The SMILES string of the molecule is CCCC(C)CC.CNC(=O)CCCC(=O)NCCC(=O)N1Cc2ccccc2/C(N)=C(/N)c2ccccc21.N.[HH].[HH]. The van der Waals surface area contributed by atoms with E-state index in [4.69, 9.17) is 11.5 Å². The number of nitrogens with one attached hydrogen (secondary N) is 2. The molecule has 0 bridgehead atoms. The molecule has 2 aromatic carbocycles. The Morgan fingerprint density at radius 2 is 1.52 bits per heavy atom. The summed E-state index contributed by atoms with van der Waals surface area (Å²) in [6.07, 6.45) is 5.21. The average molecular weight is 557 g/mol. The lowest BCUT2D eigenvalue weighted by Gasteiger charge is -2.29. The van der Waals surface area contributed by atoms with Crippen molar-refractivity contribution in [3.63, 3.8) is 0 Å². The maximum Gasteiger partial charge on any atom is 0.229 e. The Bertz CT molecular complexity index is 1160. The van der Waals surface area contributed by atoms with Crippen LogP contribution in [0.3, 0.4) is 0 Å². The number of fused-ring (bicyclic) bond motifs is 2. The molecular formula is C31H52N6O3. The molecule has 0 radical (unpaired) electrons. The monoisotopic (exact) mass is 556 g/mol. The first-order chi connectivity index (χ1) is 18.7. The van der Waals surface area contributed by atoms with Gasteiger partial charge in [-0.2, -0.15) is 0 Å². The predicted octanol–water partition coefficient (Wildman–Crippen LogP) is 5.19. The van der Waals surface area contributed by atoms with Crippen molar-refractivity contribution in [2.24, 2.45) is 17.4 Å². The van der Waals surface area contributed by atoms with Crippen molar-refractivity contribution in [2.75, 3.05) is 18.5 Å². The summed E-state index contributed by atoms with van der Waals surface area (Å²) in [4.78, 5) is 38.1. The van der Waals surface area contributed by atoms with E-state index in [1.807, 2.05) is 48.5 Å². The molecule has 9 nitrogen and oxygen atoms in total. The van der Waals surface area contributed by atoms with Crippen LogP contribution in [0.25, 0.3) is 11.4 Å². The van der Waals surface area contributed by atoms with Gasteiger partial charge >= 0.3 is 0 Å². The fraction of sp³-hybridized carbons (Fsp3) is 0.452. The van der Waals surface area contributed by atoms with E-state index < -0.39 is 0 Å². The third-order valence-electron chi connectivity index (χ3n) is 6.94. The summed E-state index contributed by atoms with van der Waals surface area (Å²) in [6.45, 7) is 7.36. The number of para-hydroxylation sites is 1. The molecule has 1 aliphatic heterocycles. The molecule has 9 N–H and O–H groups in total. The third-order valence-corrected chi connectivity index (χ3v) is 6.94. The summed E-state index contributed by atoms with van der Waals surface area (Å²) < 4.78 is 0. The van der Waals surface area contributed by atoms with Crippen molar-refractivity contribution in [3.8, 4) is 0 Å². The molecule has 0 aliphatic carbocycles. The normalized spacial score (nSPS) is 14.6. The number of nitrogens with two attached hydrogens (primary N) is 2. The lowest BCUT2D eigenvalue weighted by atomic mass is 9.96. The Labute approximate surface area is 242 Å². The molecule has 0 fully saturated rings. The van der Waals surface area contributed by atoms with E-state index in [9.17, 15) is 14.4 Å². The smallest absolute Gasteiger partial charge is 0.229 e. The summed E-state index contributed by atoms with van der Waals surface area (Å²) in [5.74, 6) is 0.536. The van der Waals surface area contributed by atoms with E-state index in [-0.39, 0.29) is 46.1 Å². The van der Waals surface area contributed by atoms with Crippen LogP contribution in [0.5, 0.6) is 0 Å². The Morgan fingerprint density at radius 1 is 0.925 bits per heavy atom. The third kappa shape index (κ3) is 10.0. The topological polar surface area (TPSA) is 166 Å². The summed E-state index contributed by atoms with van der Waals surface area (Å²) in [7, 11) is 1.56. The zero-order valence-electron chi connectivity index (χ0n) is 24.6. The van der Waals surface area contributed by atoms with E-state index in [2.05, 4.69) is 31.4 Å². The van der Waals surface area contributed by atoms with Crippen LogP contribution < -0.4 is 33.2 Å². The number of benzene rings is 2. The van der Waals surface area contributed by atoms with Crippen LogP contribution in [0.1, 0.15) is 85.3 Å². The van der Waals surface area contributed by atoms with Gasteiger partial charge in [0.2, 0.25) is 17.7 Å². The molecule has 1 unspecified atom stereocenters. The lowest BCUT2D eigenvalue weighted by Crippen LogP contribution is -2.36. The van der Waals surface area contributed by atoms with Gasteiger partial charge in [0.15, 0.2) is 0 Å². The highest BCUT2D eigenvalue weighted by Crippen LogP contribution is 2.33. The molecule has 1 heterocycles. The standard InChI is InChI=1S/C24H29N5O3.C7H16.H3N.2H2/c1-27-20(30)11-6-12-21(31)28-14-13-22(32)29-15-16-7-2-3-8-17(16)23(25)24(26)18-9-4-5-10-19(18)29;1-4-6-7(3)5-2;;;/h2-5,7-10H,6,11-15,25-26H2,1H3,(H,27,30)(H,28,31);7H,4-6H2,1-3H3;1H3;2*1H/b24-23-;;;;. The minimum absolute atomic E-state index is 0. The molecule has 0 saturated heterocycles. The van der Waals surface area contributed by atoms with Gasteiger partial charge in [0.05, 0.1) is 23.6 Å². The van der Waals surface area contributed by atoms with E-state index in [0.717, 1.165) is 17.0 Å². The minimum Gasteiger partial charge on any atom is -0.397 e. The number of carbonyl (C=O) groups excluding carboxylic acids is 3. The molecule has 0 saturated carbocycles. The number of anilines is 1. The molecule has 3 rings (SSSR count). The lowest BCUT2D eigenvalue weighted by molar-refractivity contribution is -0.122. The number of rotatable bonds is 10. The van der Waals surface area contributed by atoms with Gasteiger partial charge in [-0.3, -0.25) is 14.4 Å². The highest BCUT2D eigenvalue weighted by atomic mass is 16.2. The minimum atomic E-state index is -0.180. The molecule has 1 atom stereocenters. The van der Waals surface area contributed by atoms with Crippen LogP contribution in [0.15, 0.2) is 48.5 Å². The zero-order valence-corrected chi connectivity index (χ0v) is 24.6. The number of carbonyl (C=O) groups is 3. The van der Waals surface area contributed by atoms with Crippen molar-refractivity contribution < 1.29 is 17.2 Å². The van der Waals surface area contributed by atoms with Gasteiger partial charge in [0.25, 0.3) is 0 Å². The predicted molar refractivity (Wildman–Crippen MR) is 168 cm³/mol. The second-order valence-corrected chi connectivity index (χ2v) is 9.91. The van der Waals surface area contributed by atoms with Gasteiger partial charge in [-0.1, -0.05) is 82.5 Å². The largest absolute Gasteiger partial charge is 0.397 e. The van der Waals surface area contributed by atoms with Crippen molar-refractivity contribution in [1.29, 1.82) is 0 Å². The number of amides is 3. The number of hydrogen-bond acceptors (Lipinski definition) is 6. The first-order valence-electron chi connectivity index (χ1n) is 13.9. The van der Waals surface area contributed by atoms with Gasteiger partial charge in [0.1, 0.15) is 0 Å². The van der Waals surface area contributed by atoms with E-state index in [1.165, 1.54) is 19.3 Å². The first-order valence-corrected chi connectivity index (χ1v) is 13.9. The summed E-state index contributed by atoms with van der Waals surface area (Å²) in [6, 6.07) is 15.0. The molecule has 0 spiro atoms. The van der Waals surface area contributed by atoms with Crippen LogP contribution >= 0.6 is 0 Å². The highest BCUT2D eigenvalue weighted by molar-refractivity contribution is 6.01. The van der Waals surface area contributed by atoms with Crippen LogP contribution in [-0.4, -0.2) is 31.3 Å².